The zero-order chi connectivity index (χ0) is 13.0. The molecule has 0 spiro atoms. The summed E-state index contributed by atoms with van der Waals surface area (Å²) in [5.41, 5.74) is 1.14. The average molecular weight is 237 g/mol. The molecule has 0 aliphatic carbocycles. The maximum atomic E-state index is 10.9. The summed E-state index contributed by atoms with van der Waals surface area (Å²) in [5, 5.41) is 19.8. The Morgan fingerprint density at radius 1 is 1.06 bits per heavy atom. The molecule has 0 bridgehead atoms. The second kappa shape index (κ2) is 5.03. The monoisotopic (exact) mass is 237 g/mol. The predicted molar refractivity (Wildman–Crippen MR) is 70.9 cm³/mol. The summed E-state index contributed by atoms with van der Waals surface area (Å²) < 4.78 is 0. The highest BCUT2D eigenvalue weighted by Gasteiger charge is 2.29. The second-order valence-electron chi connectivity index (χ2n) is 4.27. The van der Waals surface area contributed by atoms with E-state index < -0.39 is 5.60 Å². The minimum Gasteiger partial charge on any atom is -0.380 e. The van der Waals surface area contributed by atoms with Gasteiger partial charge in [0.2, 0.25) is 0 Å². The van der Waals surface area contributed by atoms with Gasteiger partial charge in [-0.15, -0.1) is 0 Å². The topological polar surface area (TPSA) is 44.0 Å². The highest BCUT2D eigenvalue weighted by molar-refractivity contribution is 5.41. The molecule has 0 radical (unpaired) electrons. The molecule has 0 amide bonds. The SMILES string of the molecule is CCC(O)(c1ccccc1)c1cccc(C#N)c1. The van der Waals surface area contributed by atoms with Crippen LogP contribution in [0.2, 0.25) is 0 Å². The largest absolute Gasteiger partial charge is 0.380 e. The quantitative estimate of drug-likeness (QED) is 0.890. The van der Waals surface area contributed by atoms with Gasteiger partial charge in [-0.05, 0) is 29.7 Å². The third-order valence-corrected chi connectivity index (χ3v) is 3.23. The standard InChI is InChI=1S/C16H15NO/c1-2-16(18,14-8-4-3-5-9-14)15-10-6-7-13(11-15)12-17/h3-11,18H,2H2,1H3. The molecule has 90 valence electrons. The molecular formula is C16H15NO. The van der Waals surface area contributed by atoms with Crippen LogP contribution >= 0.6 is 0 Å². The molecule has 0 heterocycles. The van der Waals surface area contributed by atoms with Gasteiger partial charge in [0.05, 0.1) is 11.6 Å². The number of aliphatic hydroxyl groups is 1. The first kappa shape index (κ1) is 12.3. The summed E-state index contributed by atoms with van der Waals surface area (Å²) in [5.74, 6) is 0. The zero-order valence-electron chi connectivity index (χ0n) is 10.3. The lowest BCUT2D eigenvalue weighted by Crippen LogP contribution is -2.26. The third-order valence-electron chi connectivity index (χ3n) is 3.23. The lowest BCUT2D eigenvalue weighted by Gasteiger charge is -2.28. The van der Waals surface area contributed by atoms with Gasteiger partial charge in [-0.1, -0.05) is 49.4 Å². The van der Waals surface area contributed by atoms with E-state index in [1.807, 2.05) is 43.3 Å². The molecule has 1 atom stereocenters. The molecule has 0 aliphatic rings. The van der Waals surface area contributed by atoms with Crippen molar-refractivity contribution in [3.05, 3.63) is 71.3 Å². The Hall–Kier alpha value is -2.11. The van der Waals surface area contributed by atoms with E-state index in [0.717, 1.165) is 11.1 Å². The van der Waals surface area contributed by atoms with Crippen LogP contribution in [0.25, 0.3) is 0 Å². The minimum atomic E-state index is -1.03. The molecule has 2 rings (SSSR count). The van der Waals surface area contributed by atoms with E-state index in [2.05, 4.69) is 6.07 Å². The summed E-state index contributed by atoms with van der Waals surface area (Å²) in [4.78, 5) is 0. The molecule has 0 aromatic heterocycles. The first-order chi connectivity index (χ1) is 8.70. The molecule has 2 heteroatoms. The van der Waals surface area contributed by atoms with Crippen molar-refractivity contribution >= 4 is 0 Å². The summed E-state index contributed by atoms with van der Waals surface area (Å²) in [6.45, 7) is 1.94. The lowest BCUT2D eigenvalue weighted by atomic mass is 9.83. The Bertz CT molecular complexity index is 571. The van der Waals surface area contributed by atoms with Gasteiger partial charge in [-0.25, -0.2) is 0 Å². The summed E-state index contributed by atoms with van der Waals surface area (Å²) in [7, 11) is 0. The highest BCUT2D eigenvalue weighted by atomic mass is 16.3. The van der Waals surface area contributed by atoms with Crippen LogP contribution < -0.4 is 0 Å². The molecule has 0 fully saturated rings. The van der Waals surface area contributed by atoms with E-state index in [0.29, 0.717) is 12.0 Å². The molecule has 18 heavy (non-hydrogen) atoms. The van der Waals surface area contributed by atoms with Crippen LogP contribution in [0, 0.1) is 11.3 Å². The van der Waals surface area contributed by atoms with E-state index >= 15 is 0 Å². The highest BCUT2D eigenvalue weighted by Crippen LogP contribution is 2.32. The first-order valence-electron chi connectivity index (χ1n) is 5.99. The first-order valence-corrected chi connectivity index (χ1v) is 5.99. The number of hydrogen-bond donors (Lipinski definition) is 1. The van der Waals surface area contributed by atoms with E-state index in [1.54, 1.807) is 18.2 Å². The average Bonchev–Trinajstić information content (AvgIpc) is 2.47. The van der Waals surface area contributed by atoms with Crippen molar-refractivity contribution in [2.24, 2.45) is 0 Å². The molecule has 2 aromatic carbocycles. The normalized spacial score (nSPS) is 13.6. The van der Waals surface area contributed by atoms with Gasteiger partial charge in [-0.3, -0.25) is 0 Å². The van der Waals surface area contributed by atoms with Crippen LogP contribution in [0.1, 0.15) is 30.0 Å². The fourth-order valence-electron chi connectivity index (χ4n) is 2.13. The van der Waals surface area contributed by atoms with Gasteiger partial charge in [-0.2, -0.15) is 5.26 Å². The van der Waals surface area contributed by atoms with E-state index in [-0.39, 0.29) is 0 Å². The van der Waals surface area contributed by atoms with Crippen molar-refractivity contribution in [2.75, 3.05) is 0 Å². The summed E-state index contributed by atoms with van der Waals surface area (Å²) >= 11 is 0. The van der Waals surface area contributed by atoms with Gasteiger partial charge >= 0.3 is 0 Å². The summed E-state index contributed by atoms with van der Waals surface area (Å²) in [6, 6.07) is 18.8. The van der Waals surface area contributed by atoms with Crippen LogP contribution in [0.3, 0.4) is 0 Å². The Morgan fingerprint density at radius 3 is 2.33 bits per heavy atom. The molecule has 0 saturated carbocycles. The number of benzene rings is 2. The van der Waals surface area contributed by atoms with Crippen LogP contribution in [0.4, 0.5) is 0 Å². The van der Waals surface area contributed by atoms with Crippen molar-refractivity contribution in [1.82, 2.24) is 0 Å². The number of nitriles is 1. The zero-order valence-corrected chi connectivity index (χ0v) is 10.3. The van der Waals surface area contributed by atoms with Crippen molar-refractivity contribution in [2.45, 2.75) is 18.9 Å². The lowest BCUT2D eigenvalue weighted by molar-refractivity contribution is 0.0765. The summed E-state index contributed by atoms with van der Waals surface area (Å²) in [6.07, 6.45) is 0.561. The van der Waals surface area contributed by atoms with Gasteiger partial charge in [0, 0.05) is 0 Å². The fraction of sp³-hybridized carbons (Fsp3) is 0.188. The van der Waals surface area contributed by atoms with E-state index in [1.165, 1.54) is 0 Å². The molecule has 1 N–H and O–H groups in total. The van der Waals surface area contributed by atoms with Crippen LogP contribution in [-0.2, 0) is 5.60 Å². The Balaban J connectivity index is 2.54. The van der Waals surface area contributed by atoms with Gasteiger partial charge in [0.1, 0.15) is 5.60 Å². The maximum Gasteiger partial charge on any atom is 0.114 e. The van der Waals surface area contributed by atoms with Crippen molar-refractivity contribution in [1.29, 1.82) is 5.26 Å². The molecular weight excluding hydrogens is 222 g/mol. The van der Waals surface area contributed by atoms with Gasteiger partial charge in [0.25, 0.3) is 0 Å². The molecule has 1 unspecified atom stereocenters. The molecule has 2 nitrogen and oxygen atoms in total. The van der Waals surface area contributed by atoms with E-state index in [9.17, 15) is 5.11 Å². The van der Waals surface area contributed by atoms with E-state index in [4.69, 9.17) is 5.26 Å². The van der Waals surface area contributed by atoms with Crippen molar-refractivity contribution in [3.8, 4) is 6.07 Å². The van der Waals surface area contributed by atoms with Crippen molar-refractivity contribution < 1.29 is 5.11 Å². The smallest absolute Gasteiger partial charge is 0.114 e. The molecule has 2 aromatic rings. The molecule has 0 saturated heterocycles. The van der Waals surface area contributed by atoms with Crippen LogP contribution in [-0.4, -0.2) is 5.11 Å². The molecule has 0 aliphatic heterocycles. The predicted octanol–water partition coefficient (Wildman–Crippen LogP) is 3.20. The number of nitrogens with zero attached hydrogens (tertiary/aromatic N) is 1. The maximum absolute atomic E-state index is 10.9. The van der Waals surface area contributed by atoms with Crippen LogP contribution in [0.5, 0.6) is 0 Å². The Kier molecular flexibility index (Phi) is 3.45. The van der Waals surface area contributed by atoms with Crippen LogP contribution in [0.15, 0.2) is 54.6 Å². The third kappa shape index (κ3) is 2.13. The van der Waals surface area contributed by atoms with Crippen molar-refractivity contribution in [3.63, 3.8) is 0 Å². The van der Waals surface area contributed by atoms with Gasteiger partial charge < -0.3 is 5.11 Å². The van der Waals surface area contributed by atoms with Gasteiger partial charge in [0.15, 0.2) is 0 Å². The fourth-order valence-corrected chi connectivity index (χ4v) is 2.13. The number of rotatable bonds is 3. The Morgan fingerprint density at radius 2 is 1.72 bits per heavy atom. The number of hydrogen-bond acceptors (Lipinski definition) is 2. The minimum absolute atomic E-state index is 0.561. The Labute approximate surface area is 107 Å². The second-order valence-corrected chi connectivity index (χ2v) is 4.27.